The second-order valence-electron chi connectivity index (χ2n) is 6.20. The van der Waals surface area contributed by atoms with Gasteiger partial charge in [0.2, 0.25) is 0 Å². The van der Waals surface area contributed by atoms with Crippen molar-refractivity contribution in [2.24, 2.45) is 0 Å². The zero-order chi connectivity index (χ0) is 18.3. The monoisotopic (exact) mass is 403 g/mol. The van der Waals surface area contributed by atoms with Crippen molar-refractivity contribution in [1.82, 2.24) is 9.88 Å². The standard InChI is InChI=1S/C16H16F3N3O2S2/c17-16(18,19)13-9-26-15(20-13)22-4-5-24-11(8-22)14(23)21-3-1-12-10(7-21)2-6-25-12/h2,6,9,11H,1,3-5,7-8H2. The number of carbonyl (C=O) groups excluding carboxylic acids is 1. The van der Waals surface area contributed by atoms with Gasteiger partial charge >= 0.3 is 6.18 Å². The van der Waals surface area contributed by atoms with Crippen molar-refractivity contribution in [2.75, 3.05) is 31.1 Å². The van der Waals surface area contributed by atoms with Gasteiger partial charge in [-0.2, -0.15) is 13.2 Å². The predicted octanol–water partition coefficient (Wildman–Crippen LogP) is 3.01. The minimum absolute atomic E-state index is 0.112. The van der Waals surface area contributed by atoms with Crippen LogP contribution in [-0.4, -0.2) is 48.1 Å². The molecule has 0 spiro atoms. The van der Waals surface area contributed by atoms with Crippen LogP contribution in [0.2, 0.25) is 0 Å². The lowest BCUT2D eigenvalue weighted by Crippen LogP contribution is -2.52. The highest BCUT2D eigenvalue weighted by Crippen LogP contribution is 2.33. The third-order valence-corrected chi connectivity index (χ3v) is 6.44. The second-order valence-corrected chi connectivity index (χ2v) is 8.03. The van der Waals surface area contributed by atoms with E-state index in [-0.39, 0.29) is 24.2 Å². The van der Waals surface area contributed by atoms with Crippen LogP contribution in [0, 0.1) is 0 Å². The number of hydrogen-bond donors (Lipinski definition) is 0. The lowest BCUT2D eigenvalue weighted by Gasteiger charge is -2.36. The number of amides is 1. The van der Waals surface area contributed by atoms with Crippen LogP contribution in [0.1, 0.15) is 16.1 Å². The first-order valence-corrected chi connectivity index (χ1v) is 9.91. The number of aromatic nitrogens is 1. The number of carbonyl (C=O) groups is 1. The molecule has 4 heterocycles. The molecule has 2 aromatic rings. The van der Waals surface area contributed by atoms with Crippen LogP contribution in [0.25, 0.3) is 0 Å². The van der Waals surface area contributed by atoms with Crippen molar-refractivity contribution in [3.05, 3.63) is 33.0 Å². The number of ether oxygens (including phenoxy) is 1. The Morgan fingerprint density at radius 1 is 1.31 bits per heavy atom. The molecule has 0 aliphatic carbocycles. The summed E-state index contributed by atoms with van der Waals surface area (Å²) < 4.78 is 43.9. The average molecular weight is 403 g/mol. The van der Waals surface area contributed by atoms with Crippen LogP contribution in [0.3, 0.4) is 0 Å². The van der Waals surface area contributed by atoms with E-state index in [2.05, 4.69) is 4.98 Å². The van der Waals surface area contributed by atoms with E-state index in [0.717, 1.165) is 28.7 Å². The molecule has 2 aliphatic heterocycles. The summed E-state index contributed by atoms with van der Waals surface area (Å²) in [6.45, 7) is 2.13. The SMILES string of the molecule is O=C(C1CN(c2nc(C(F)(F)F)cs2)CCO1)N1CCc2sccc2C1. The zero-order valence-corrected chi connectivity index (χ0v) is 15.3. The molecular weight excluding hydrogens is 387 g/mol. The Morgan fingerprint density at radius 2 is 2.15 bits per heavy atom. The summed E-state index contributed by atoms with van der Waals surface area (Å²) in [5.74, 6) is -0.112. The van der Waals surface area contributed by atoms with Gasteiger partial charge in [-0.05, 0) is 23.4 Å². The third-order valence-electron chi connectivity index (χ3n) is 4.51. The number of fused-ring (bicyclic) bond motifs is 1. The van der Waals surface area contributed by atoms with Crippen LogP contribution >= 0.6 is 22.7 Å². The smallest absolute Gasteiger partial charge is 0.365 e. The molecule has 5 nitrogen and oxygen atoms in total. The quantitative estimate of drug-likeness (QED) is 0.773. The number of halogens is 3. The van der Waals surface area contributed by atoms with Gasteiger partial charge in [0, 0.05) is 29.9 Å². The van der Waals surface area contributed by atoms with E-state index >= 15 is 0 Å². The van der Waals surface area contributed by atoms with Crippen molar-refractivity contribution in [3.63, 3.8) is 0 Å². The van der Waals surface area contributed by atoms with Gasteiger partial charge in [-0.1, -0.05) is 0 Å². The van der Waals surface area contributed by atoms with Gasteiger partial charge in [-0.3, -0.25) is 4.79 Å². The summed E-state index contributed by atoms with van der Waals surface area (Å²) >= 11 is 2.64. The topological polar surface area (TPSA) is 45.7 Å². The molecule has 2 aromatic heterocycles. The first-order chi connectivity index (χ1) is 12.4. The summed E-state index contributed by atoms with van der Waals surface area (Å²) in [5.41, 5.74) is 0.268. The van der Waals surface area contributed by atoms with Crippen LogP contribution < -0.4 is 4.90 Å². The molecule has 1 fully saturated rings. The van der Waals surface area contributed by atoms with Crippen molar-refractivity contribution >= 4 is 33.7 Å². The van der Waals surface area contributed by atoms with Gasteiger partial charge in [0.05, 0.1) is 13.2 Å². The van der Waals surface area contributed by atoms with Gasteiger partial charge in [0.25, 0.3) is 5.91 Å². The Hall–Kier alpha value is -1.65. The maximum Gasteiger partial charge on any atom is 0.434 e. The first-order valence-electron chi connectivity index (χ1n) is 8.15. The van der Waals surface area contributed by atoms with E-state index in [0.29, 0.717) is 19.6 Å². The molecule has 0 radical (unpaired) electrons. The fourth-order valence-electron chi connectivity index (χ4n) is 3.15. The van der Waals surface area contributed by atoms with Gasteiger partial charge in [-0.15, -0.1) is 22.7 Å². The van der Waals surface area contributed by atoms with E-state index in [1.165, 1.54) is 4.88 Å². The fourth-order valence-corrected chi connectivity index (χ4v) is 4.91. The van der Waals surface area contributed by atoms with Crippen molar-refractivity contribution in [1.29, 1.82) is 0 Å². The third kappa shape index (κ3) is 3.45. The number of thiophene rings is 1. The Bertz CT molecular complexity index is 805. The molecule has 1 amide bonds. The Balaban J connectivity index is 1.43. The van der Waals surface area contributed by atoms with E-state index in [1.807, 2.05) is 11.4 Å². The number of nitrogens with zero attached hydrogens (tertiary/aromatic N) is 3. The lowest BCUT2D eigenvalue weighted by molar-refractivity contribution is -0.145. The number of thiazole rings is 1. The van der Waals surface area contributed by atoms with Gasteiger partial charge < -0.3 is 14.5 Å². The fraction of sp³-hybridized carbons (Fsp3) is 0.500. The Labute approximate surface area is 156 Å². The molecule has 0 saturated carbocycles. The molecule has 0 N–H and O–H groups in total. The van der Waals surface area contributed by atoms with E-state index in [4.69, 9.17) is 4.74 Å². The normalized spacial score (nSPS) is 21.0. The molecule has 1 atom stereocenters. The van der Waals surface area contributed by atoms with Crippen molar-refractivity contribution < 1.29 is 22.7 Å². The molecule has 26 heavy (non-hydrogen) atoms. The van der Waals surface area contributed by atoms with Crippen LogP contribution in [0.5, 0.6) is 0 Å². The number of alkyl halides is 3. The molecule has 4 rings (SSSR count). The Kier molecular flexibility index (Phi) is 4.66. The summed E-state index contributed by atoms with van der Waals surface area (Å²) in [5, 5.41) is 3.31. The molecule has 0 aromatic carbocycles. The van der Waals surface area contributed by atoms with Crippen molar-refractivity contribution in [3.8, 4) is 0 Å². The largest absolute Gasteiger partial charge is 0.434 e. The van der Waals surface area contributed by atoms with Crippen LogP contribution in [0.15, 0.2) is 16.8 Å². The molecule has 0 bridgehead atoms. The average Bonchev–Trinajstić information content (AvgIpc) is 3.29. The molecule has 10 heteroatoms. The summed E-state index contributed by atoms with van der Waals surface area (Å²) in [7, 11) is 0. The van der Waals surface area contributed by atoms with Gasteiger partial charge in [-0.25, -0.2) is 4.98 Å². The molecule has 2 aliphatic rings. The van der Waals surface area contributed by atoms with Gasteiger partial charge in [0.1, 0.15) is 0 Å². The number of anilines is 1. The summed E-state index contributed by atoms with van der Waals surface area (Å²) in [6, 6.07) is 2.03. The number of rotatable bonds is 2. The van der Waals surface area contributed by atoms with E-state index in [1.54, 1.807) is 21.1 Å². The summed E-state index contributed by atoms with van der Waals surface area (Å²) in [4.78, 5) is 21.3. The maximum absolute atomic E-state index is 12.8. The highest BCUT2D eigenvalue weighted by Gasteiger charge is 2.36. The maximum atomic E-state index is 12.8. The lowest BCUT2D eigenvalue weighted by atomic mass is 10.1. The number of morpholine rings is 1. The van der Waals surface area contributed by atoms with Crippen LogP contribution in [0.4, 0.5) is 18.3 Å². The highest BCUT2D eigenvalue weighted by molar-refractivity contribution is 7.13. The van der Waals surface area contributed by atoms with E-state index < -0.39 is 18.0 Å². The molecule has 1 saturated heterocycles. The van der Waals surface area contributed by atoms with Crippen molar-refractivity contribution in [2.45, 2.75) is 25.2 Å². The van der Waals surface area contributed by atoms with E-state index in [9.17, 15) is 18.0 Å². The van der Waals surface area contributed by atoms with Crippen LogP contribution in [-0.2, 0) is 28.7 Å². The molecular formula is C16H16F3N3O2S2. The highest BCUT2D eigenvalue weighted by atomic mass is 32.1. The molecule has 140 valence electrons. The van der Waals surface area contributed by atoms with Gasteiger partial charge in [0.15, 0.2) is 16.9 Å². The minimum Gasteiger partial charge on any atom is -0.365 e. The minimum atomic E-state index is -4.46. The zero-order valence-electron chi connectivity index (χ0n) is 13.7. The molecule has 1 unspecified atom stereocenters. The Morgan fingerprint density at radius 3 is 2.92 bits per heavy atom. The number of hydrogen-bond acceptors (Lipinski definition) is 6. The first kappa shape index (κ1) is 17.7. The summed E-state index contributed by atoms with van der Waals surface area (Å²) in [6.07, 6.45) is -4.30. The predicted molar refractivity (Wildman–Crippen MR) is 92.5 cm³/mol. The second kappa shape index (κ2) is 6.82.